The van der Waals surface area contributed by atoms with Gasteiger partial charge in [-0.25, -0.2) is 4.79 Å². The quantitative estimate of drug-likeness (QED) is 0.576. The molecule has 0 saturated carbocycles. The number of hydrogen-bond donors (Lipinski definition) is 0. The number of hydrogen-bond acceptors (Lipinski definition) is 4. The van der Waals surface area contributed by atoms with Gasteiger partial charge in [0.25, 0.3) is 0 Å². The van der Waals surface area contributed by atoms with Gasteiger partial charge in [0.15, 0.2) is 5.75 Å². The predicted molar refractivity (Wildman–Crippen MR) is 64.5 cm³/mol. The lowest BCUT2D eigenvalue weighted by Gasteiger charge is -2.08. The van der Waals surface area contributed by atoms with Crippen LogP contribution in [0.2, 0.25) is 5.02 Å². The minimum absolute atomic E-state index is 0.219. The smallest absolute Gasteiger partial charge is 0.437 e. The average Bonchev–Trinajstić information content (AvgIpc) is 2.32. The molecule has 1 heterocycles. The van der Waals surface area contributed by atoms with Gasteiger partial charge in [0.1, 0.15) is 5.52 Å². The second-order valence-electron chi connectivity index (χ2n) is 3.52. The van der Waals surface area contributed by atoms with Gasteiger partial charge in [-0.3, -0.25) is 4.98 Å². The molecule has 4 nitrogen and oxygen atoms in total. The lowest BCUT2D eigenvalue weighted by atomic mass is 10.1. The molecule has 0 saturated heterocycles. The summed E-state index contributed by atoms with van der Waals surface area (Å²) in [6.07, 6.45) is 0.866. The van der Waals surface area contributed by atoms with E-state index in [4.69, 9.17) is 16.3 Å². The van der Waals surface area contributed by atoms with E-state index in [-0.39, 0.29) is 5.75 Å². The standard InChI is InChI=1S/C12H10ClNO3/c1-7-5-8-3-4-9(13)11(10(8)14-6-7)17-12(15)16-2/h3-6H,1-2H3. The van der Waals surface area contributed by atoms with Crippen molar-refractivity contribution >= 4 is 28.7 Å². The van der Waals surface area contributed by atoms with Gasteiger partial charge in [0.05, 0.1) is 12.1 Å². The van der Waals surface area contributed by atoms with Gasteiger partial charge < -0.3 is 9.47 Å². The number of carbonyl (C=O) groups is 1. The highest BCUT2D eigenvalue weighted by molar-refractivity contribution is 6.33. The molecule has 0 N–H and O–H groups in total. The second-order valence-corrected chi connectivity index (χ2v) is 3.92. The van der Waals surface area contributed by atoms with E-state index in [2.05, 4.69) is 9.72 Å². The normalized spacial score (nSPS) is 10.3. The minimum atomic E-state index is -0.818. The van der Waals surface area contributed by atoms with Crippen LogP contribution in [0.5, 0.6) is 5.75 Å². The highest BCUT2D eigenvalue weighted by Crippen LogP contribution is 2.32. The van der Waals surface area contributed by atoms with Crippen LogP contribution in [0.3, 0.4) is 0 Å². The maximum absolute atomic E-state index is 11.1. The molecule has 0 spiro atoms. The summed E-state index contributed by atoms with van der Waals surface area (Å²) in [5.41, 5.74) is 1.55. The molecule has 17 heavy (non-hydrogen) atoms. The van der Waals surface area contributed by atoms with Crippen molar-refractivity contribution in [1.82, 2.24) is 4.98 Å². The molecule has 1 aromatic heterocycles. The second kappa shape index (κ2) is 4.59. The Labute approximate surface area is 103 Å². The molecule has 0 aliphatic rings. The third-order valence-corrected chi connectivity index (χ3v) is 2.54. The van der Waals surface area contributed by atoms with Gasteiger partial charge in [0, 0.05) is 11.6 Å². The number of pyridine rings is 1. The highest BCUT2D eigenvalue weighted by Gasteiger charge is 2.13. The first-order valence-electron chi connectivity index (χ1n) is 4.92. The minimum Gasteiger partial charge on any atom is -0.437 e. The van der Waals surface area contributed by atoms with Crippen molar-refractivity contribution < 1.29 is 14.3 Å². The van der Waals surface area contributed by atoms with Gasteiger partial charge >= 0.3 is 6.16 Å². The van der Waals surface area contributed by atoms with E-state index in [9.17, 15) is 4.79 Å². The van der Waals surface area contributed by atoms with Crippen LogP contribution in [0, 0.1) is 6.92 Å². The fourth-order valence-corrected chi connectivity index (χ4v) is 1.67. The van der Waals surface area contributed by atoms with Crippen molar-refractivity contribution in [3.05, 3.63) is 35.0 Å². The SMILES string of the molecule is COC(=O)Oc1c(Cl)ccc2cc(C)cnc12. The molecule has 5 heteroatoms. The van der Waals surface area contributed by atoms with Crippen LogP contribution in [-0.2, 0) is 4.74 Å². The van der Waals surface area contributed by atoms with E-state index in [1.807, 2.05) is 19.1 Å². The van der Waals surface area contributed by atoms with E-state index in [0.717, 1.165) is 10.9 Å². The summed E-state index contributed by atoms with van der Waals surface area (Å²) >= 11 is 5.97. The van der Waals surface area contributed by atoms with Crippen molar-refractivity contribution in [2.75, 3.05) is 7.11 Å². The summed E-state index contributed by atoms with van der Waals surface area (Å²) in [7, 11) is 1.24. The lowest BCUT2D eigenvalue weighted by Crippen LogP contribution is -2.08. The average molecular weight is 252 g/mol. The fourth-order valence-electron chi connectivity index (χ4n) is 1.48. The van der Waals surface area contributed by atoms with Crippen molar-refractivity contribution in [3.8, 4) is 5.75 Å². The molecule has 0 amide bonds. The van der Waals surface area contributed by atoms with Gasteiger partial charge in [-0.1, -0.05) is 17.7 Å². The van der Waals surface area contributed by atoms with Crippen molar-refractivity contribution in [2.24, 2.45) is 0 Å². The third-order valence-electron chi connectivity index (χ3n) is 2.25. The van der Waals surface area contributed by atoms with Crippen molar-refractivity contribution in [2.45, 2.75) is 6.92 Å². The number of methoxy groups -OCH3 is 1. The monoisotopic (exact) mass is 251 g/mol. The molecule has 1 aromatic carbocycles. The number of halogens is 1. The van der Waals surface area contributed by atoms with Crippen molar-refractivity contribution in [3.63, 3.8) is 0 Å². The zero-order valence-corrected chi connectivity index (χ0v) is 10.1. The van der Waals surface area contributed by atoms with Crippen LogP contribution < -0.4 is 4.74 Å². The highest BCUT2D eigenvalue weighted by atomic mass is 35.5. The molecular formula is C12H10ClNO3. The maximum atomic E-state index is 11.1. The zero-order chi connectivity index (χ0) is 12.4. The summed E-state index contributed by atoms with van der Waals surface area (Å²) in [6, 6.07) is 5.41. The van der Waals surface area contributed by atoms with E-state index >= 15 is 0 Å². The Hall–Kier alpha value is -1.81. The zero-order valence-electron chi connectivity index (χ0n) is 9.36. The van der Waals surface area contributed by atoms with E-state index in [1.54, 1.807) is 12.3 Å². The Bertz CT molecular complexity index is 583. The number of nitrogens with zero attached hydrogens (tertiary/aromatic N) is 1. The number of rotatable bonds is 1. The Kier molecular flexibility index (Phi) is 3.15. The number of carbonyl (C=O) groups excluding carboxylic acids is 1. The first-order chi connectivity index (χ1) is 8.11. The molecule has 2 rings (SSSR count). The maximum Gasteiger partial charge on any atom is 0.513 e. The molecule has 0 unspecified atom stereocenters. The van der Waals surface area contributed by atoms with Gasteiger partial charge in [-0.05, 0) is 24.6 Å². The lowest BCUT2D eigenvalue weighted by molar-refractivity contribution is 0.122. The molecule has 0 aliphatic carbocycles. The van der Waals surface area contributed by atoms with Crippen LogP contribution in [0.1, 0.15) is 5.56 Å². The van der Waals surface area contributed by atoms with Gasteiger partial charge in [-0.2, -0.15) is 0 Å². The molecule has 0 bridgehead atoms. The molecule has 88 valence electrons. The Balaban J connectivity index is 2.59. The van der Waals surface area contributed by atoms with Crippen LogP contribution in [0.15, 0.2) is 24.4 Å². The van der Waals surface area contributed by atoms with E-state index < -0.39 is 6.16 Å². The Morgan fingerprint density at radius 1 is 1.41 bits per heavy atom. The summed E-state index contributed by atoms with van der Waals surface area (Å²) < 4.78 is 9.43. The first kappa shape index (κ1) is 11.7. The number of fused-ring (bicyclic) bond motifs is 1. The fraction of sp³-hybridized carbons (Fsp3) is 0.167. The Morgan fingerprint density at radius 2 is 2.18 bits per heavy atom. The van der Waals surface area contributed by atoms with Crippen LogP contribution in [0.4, 0.5) is 4.79 Å². The van der Waals surface area contributed by atoms with Crippen LogP contribution in [0.25, 0.3) is 10.9 Å². The predicted octanol–water partition coefficient (Wildman–Crippen LogP) is 3.34. The molecule has 0 atom stereocenters. The van der Waals surface area contributed by atoms with Gasteiger partial charge in [0.2, 0.25) is 0 Å². The summed E-state index contributed by atoms with van der Waals surface area (Å²) in [4.78, 5) is 15.3. The van der Waals surface area contributed by atoms with Crippen LogP contribution >= 0.6 is 11.6 Å². The summed E-state index contributed by atoms with van der Waals surface area (Å²) in [6.45, 7) is 1.93. The van der Waals surface area contributed by atoms with Crippen LogP contribution in [-0.4, -0.2) is 18.2 Å². The topological polar surface area (TPSA) is 48.4 Å². The summed E-state index contributed by atoms with van der Waals surface area (Å²) in [5, 5.41) is 1.17. The molecule has 0 aliphatic heterocycles. The molecule has 2 aromatic rings. The molecule has 0 fully saturated rings. The van der Waals surface area contributed by atoms with Crippen molar-refractivity contribution in [1.29, 1.82) is 0 Å². The van der Waals surface area contributed by atoms with Gasteiger partial charge in [-0.15, -0.1) is 0 Å². The number of aromatic nitrogens is 1. The Morgan fingerprint density at radius 3 is 2.88 bits per heavy atom. The number of aryl methyl sites for hydroxylation is 1. The molecule has 0 radical (unpaired) electrons. The summed E-state index contributed by atoms with van der Waals surface area (Å²) in [5.74, 6) is 0.219. The number of benzene rings is 1. The van der Waals surface area contributed by atoms with E-state index in [0.29, 0.717) is 10.5 Å². The largest absolute Gasteiger partial charge is 0.513 e. The number of ether oxygens (including phenoxy) is 2. The third kappa shape index (κ3) is 2.31. The first-order valence-corrected chi connectivity index (χ1v) is 5.30. The van der Waals surface area contributed by atoms with E-state index in [1.165, 1.54) is 7.11 Å². The molecular weight excluding hydrogens is 242 g/mol.